The van der Waals surface area contributed by atoms with Gasteiger partial charge < -0.3 is 5.32 Å². The molecular formula is C15H21ClFN. The van der Waals surface area contributed by atoms with Crippen molar-refractivity contribution in [1.29, 1.82) is 0 Å². The van der Waals surface area contributed by atoms with Crippen molar-refractivity contribution in [2.75, 3.05) is 13.1 Å². The highest BCUT2D eigenvalue weighted by atomic mass is 35.5. The number of rotatable bonds is 6. The minimum Gasteiger partial charge on any atom is -0.313 e. The van der Waals surface area contributed by atoms with Gasteiger partial charge in [0.05, 0.1) is 5.02 Å². The summed E-state index contributed by atoms with van der Waals surface area (Å²) < 4.78 is 13.7. The van der Waals surface area contributed by atoms with Gasteiger partial charge in [0.1, 0.15) is 5.82 Å². The zero-order chi connectivity index (χ0) is 13.5. The van der Waals surface area contributed by atoms with Gasteiger partial charge in [0, 0.05) is 12.1 Å². The Labute approximate surface area is 114 Å². The maximum atomic E-state index is 13.7. The fourth-order valence-corrected chi connectivity index (χ4v) is 1.88. The van der Waals surface area contributed by atoms with Crippen LogP contribution in [0.3, 0.4) is 0 Å². The van der Waals surface area contributed by atoms with E-state index in [2.05, 4.69) is 26.1 Å². The SMILES string of the molecule is CCCNCC(=Cc1c(F)cccc1Cl)C(C)C. The van der Waals surface area contributed by atoms with Crippen LogP contribution >= 0.6 is 11.6 Å². The molecule has 18 heavy (non-hydrogen) atoms. The summed E-state index contributed by atoms with van der Waals surface area (Å²) in [5, 5.41) is 3.80. The van der Waals surface area contributed by atoms with Gasteiger partial charge >= 0.3 is 0 Å². The van der Waals surface area contributed by atoms with Crippen LogP contribution in [0.5, 0.6) is 0 Å². The summed E-state index contributed by atoms with van der Waals surface area (Å²) in [6.45, 7) is 8.08. The molecule has 100 valence electrons. The highest BCUT2D eigenvalue weighted by molar-refractivity contribution is 6.32. The van der Waals surface area contributed by atoms with Gasteiger partial charge in [0.15, 0.2) is 0 Å². The maximum absolute atomic E-state index is 13.7. The topological polar surface area (TPSA) is 12.0 Å². The van der Waals surface area contributed by atoms with Crippen LogP contribution in [0.4, 0.5) is 4.39 Å². The average molecular weight is 270 g/mol. The number of hydrogen-bond donors (Lipinski definition) is 1. The first-order chi connectivity index (χ1) is 8.56. The second-order valence-corrected chi connectivity index (χ2v) is 5.09. The summed E-state index contributed by atoms with van der Waals surface area (Å²) in [6, 6.07) is 4.78. The van der Waals surface area contributed by atoms with E-state index in [4.69, 9.17) is 11.6 Å². The van der Waals surface area contributed by atoms with E-state index in [-0.39, 0.29) is 5.82 Å². The summed E-state index contributed by atoms with van der Waals surface area (Å²) in [7, 11) is 0. The third kappa shape index (κ3) is 4.43. The van der Waals surface area contributed by atoms with Crippen molar-refractivity contribution in [2.45, 2.75) is 27.2 Å². The van der Waals surface area contributed by atoms with Crippen molar-refractivity contribution >= 4 is 17.7 Å². The summed E-state index contributed by atoms with van der Waals surface area (Å²) in [6.07, 6.45) is 2.96. The molecule has 1 nitrogen and oxygen atoms in total. The van der Waals surface area contributed by atoms with Gasteiger partial charge in [-0.3, -0.25) is 0 Å². The Hall–Kier alpha value is -0.860. The molecule has 0 heterocycles. The quantitative estimate of drug-likeness (QED) is 0.749. The monoisotopic (exact) mass is 269 g/mol. The van der Waals surface area contributed by atoms with E-state index in [1.807, 2.05) is 6.08 Å². The fourth-order valence-electron chi connectivity index (χ4n) is 1.67. The Bertz CT molecular complexity index is 393. The molecule has 0 aliphatic rings. The summed E-state index contributed by atoms with van der Waals surface area (Å²) in [5.41, 5.74) is 1.65. The van der Waals surface area contributed by atoms with Crippen LogP contribution in [-0.4, -0.2) is 13.1 Å². The van der Waals surface area contributed by atoms with E-state index in [9.17, 15) is 4.39 Å². The first-order valence-electron chi connectivity index (χ1n) is 6.41. The van der Waals surface area contributed by atoms with Crippen molar-refractivity contribution < 1.29 is 4.39 Å². The van der Waals surface area contributed by atoms with Gasteiger partial charge in [0.25, 0.3) is 0 Å². The van der Waals surface area contributed by atoms with Gasteiger partial charge in [0.2, 0.25) is 0 Å². The second kappa shape index (κ2) is 7.55. The van der Waals surface area contributed by atoms with Gasteiger partial charge in [-0.05, 0) is 37.1 Å². The lowest BCUT2D eigenvalue weighted by atomic mass is 10.00. The highest BCUT2D eigenvalue weighted by Gasteiger charge is 2.08. The molecule has 0 aliphatic carbocycles. The van der Waals surface area contributed by atoms with E-state index < -0.39 is 0 Å². The van der Waals surface area contributed by atoms with Crippen LogP contribution in [0.2, 0.25) is 5.02 Å². The molecule has 0 amide bonds. The number of nitrogens with one attached hydrogen (secondary N) is 1. The molecule has 1 N–H and O–H groups in total. The molecule has 0 saturated heterocycles. The molecule has 1 rings (SSSR count). The second-order valence-electron chi connectivity index (χ2n) is 4.69. The molecule has 0 bridgehead atoms. The smallest absolute Gasteiger partial charge is 0.131 e. The largest absolute Gasteiger partial charge is 0.313 e. The molecule has 0 atom stereocenters. The van der Waals surface area contributed by atoms with E-state index in [1.165, 1.54) is 6.07 Å². The first kappa shape index (κ1) is 15.2. The van der Waals surface area contributed by atoms with Gasteiger partial charge in [-0.15, -0.1) is 0 Å². The molecule has 0 fully saturated rings. The number of hydrogen-bond acceptors (Lipinski definition) is 1. The fraction of sp³-hybridized carbons (Fsp3) is 0.467. The lowest BCUT2D eigenvalue weighted by molar-refractivity contribution is 0.623. The van der Waals surface area contributed by atoms with Crippen molar-refractivity contribution in [3.8, 4) is 0 Å². The molecule has 0 aliphatic heterocycles. The highest BCUT2D eigenvalue weighted by Crippen LogP contribution is 2.23. The summed E-state index contributed by atoms with van der Waals surface area (Å²) in [4.78, 5) is 0. The third-order valence-electron chi connectivity index (χ3n) is 2.83. The lowest BCUT2D eigenvalue weighted by Gasteiger charge is -2.13. The molecule has 1 aromatic carbocycles. The summed E-state index contributed by atoms with van der Waals surface area (Å²) >= 11 is 6.03. The predicted octanol–water partition coefficient (Wildman–Crippen LogP) is 4.52. The van der Waals surface area contributed by atoms with Gasteiger partial charge in [-0.1, -0.05) is 44.0 Å². The molecule has 0 unspecified atom stereocenters. The van der Waals surface area contributed by atoms with Crippen LogP contribution in [-0.2, 0) is 0 Å². The number of benzene rings is 1. The van der Waals surface area contributed by atoms with Crippen molar-refractivity contribution in [3.63, 3.8) is 0 Å². The lowest BCUT2D eigenvalue weighted by Crippen LogP contribution is -2.20. The standard InChI is InChI=1S/C15H21ClFN/c1-4-8-18-10-12(11(2)3)9-13-14(16)6-5-7-15(13)17/h5-7,9,11,18H,4,8,10H2,1-3H3. The van der Waals surface area contributed by atoms with Crippen molar-refractivity contribution in [1.82, 2.24) is 5.32 Å². The molecule has 0 spiro atoms. The number of halogens is 2. The van der Waals surface area contributed by atoms with Crippen molar-refractivity contribution in [3.05, 3.63) is 40.2 Å². The first-order valence-corrected chi connectivity index (χ1v) is 6.79. The van der Waals surface area contributed by atoms with Crippen LogP contribution in [0, 0.1) is 11.7 Å². The summed E-state index contributed by atoms with van der Waals surface area (Å²) in [5.74, 6) is 0.0983. The van der Waals surface area contributed by atoms with Crippen LogP contribution in [0.25, 0.3) is 6.08 Å². The van der Waals surface area contributed by atoms with Crippen molar-refractivity contribution in [2.24, 2.45) is 5.92 Å². The van der Waals surface area contributed by atoms with Crippen LogP contribution in [0.15, 0.2) is 23.8 Å². The zero-order valence-corrected chi connectivity index (χ0v) is 12.0. The average Bonchev–Trinajstić information content (AvgIpc) is 2.31. The molecule has 1 aromatic rings. The molecule has 3 heteroatoms. The Kier molecular flexibility index (Phi) is 6.37. The Morgan fingerprint density at radius 3 is 2.72 bits per heavy atom. The predicted molar refractivity (Wildman–Crippen MR) is 77.4 cm³/mol. The minimum absolute atomic E-state index is 0.267. The molecule has 0 radical (unpaired) electrons. The van der Waals surface area contributed by atoms with Gasteiger partial charge in [-0.2, -0.15) is 0 Å². The van der Waals surface area contributed by atoms with Crippen LogP contribution in [0.1, 0.15) is 32.8 Å². The normalized spacial score (nSPS) is 12.2. The molecule has 0 aromatic heterocycles. The van der Waals surface area contributed by atoms with E-state index in [1.54, 1.807) is 12.1 Å². The van der Waals surface area contributed by atoms with E-state index in [0.717, 1.165) is 25.1 Å². The molecule has 0 saturated carbocycles. The van der Waals surface area contributed by atoms with E-state index >= 15 is 0 Å². The van der Waals surface area contributed by atoms with Gasteiger partial charge in [-0.25, -0.2) is 4.39 Å². The Balaban J connectivity index is 2.93. The minimum atomic E-state index is -0.267. The zero-order valence-electron chi connectivity index (χ0n) is 11.3. The van der Waals surface area contributed by atoms with E-state index in [0.29, 0.717) is 16.5 Å². The Morgan fingerprint density at radius 2 is 2.17 bits per heavy atom. The molecular weight excluding hydrogens is 249 g/mol. The third-order valence-corrected chi connectivity index (χ3v) is 3.16. The van der Waals surface area contributed by atoms with Crippen LogP contribution < -0.4 is 5.32 Å². The maximum Gasteiger partial charge on any atom is 0.131 e. The Morgan fingerprint density at radius 1 is 1.44 bits per heavy atom.